The number of aromatic amines is 1. The first-order chi connectivity index (χ1) is 8.66. The van der Waals surface area contributed by atoms with Gasteiger partial charge in [0.25, 0.3) is 5.91 Å². The molecule has 2 aromatic rings. The maximum absolute atomic E-state index is 12.4. The van der Waals surface area contributed by atoms with Crippen LogP contribution in [0.3, 0.4) is 0 Å². The Morgan fingerprint density at radius 2 is 2.44 bits per heavy atom. The van der Waals surface area contributed by atoms with Gasteiger partial charge in [0.1, 0.15) is 10.5 Å². The number of nitrogens with zero attached hydrogens (tertiary/aromatic N) is 1. The molecule has 0 aromatic carbocycles. The van der Waals surface area contributed by atoms with Crippen LogP contribution >= 0.6 is 27.3 Å². The Morgan fingerprint density at radius 1 is 1.61 bits per heavy atom. The van der Waals surface area contributed by atoms with Gasteiger partial charge in [-0.05, 0) is 28.9 Å². The third-order valence-corrected chi connectivity index (χ3v) is 5.18. The van der Waals surface area contributed by atoms with Crippen molar-refractivity contribution in [2.45, 2.75) is 13.0 Å². The van der Waals surface area contributed by atoms with E-state index in [4.69, 9.17) is 0 Å². The highest BCUT2D eigenvalue weighted by molar-refractivity contribution is 9.10. The molecule has 0 saturated carbocycles. The Balaban J connectivity index is 1.91. The Morgan fingerprint density at radius 3 is 3.17 bits per heavy atom. The maximum Gasteiger partial charge on any atom is 0.270 e. The number of carbonyl (C=O) groups excluding carboxylic acids is 1. The second kappa shape index (κ2) is 4.68. The topological polar surface area (TPSA) is 48.1 Å². The largest absolute Gasteiger partial charge is 0.342 e. The number of aromatic nitrogens is 1. The van der Waals surface area contributed by atoms with E-state index in [1.807, 2.05) is 16.3 Å². The highest BCUT2D eigenvalue weighted by atomic mass is 79.9. The summed E-state index contributed by atoms with van der Waals surface area (Å²) in [5, 5.41) is 6.41. The zero-order valence-corrected chi connectivity index (χ0v) is 12.4. The molecule has 3 rings (SSSR count). The van der Waals surface area contributed by atoms with Crippen molar-refractivity contribution >= 4 is 43.4 Å². The van der Waals surface area contributed by atoms with Crippen LogP contribution in [-0.2, 0) is 0 Å². The second-order valence-electron chi connectivity index (χ2n) is 4.56. The summed E-state index contributed by atoms with van der Waals surface area (Å²) >= 11 is 5.11. The van der Waals surface area contributed by atoms with Crippen LogP contribution < -0.4 is 5.32 Å². The number of carbonyl (C=O) groups is 1. The number of hydrogen-bond acceptors (Lipinski definition) is 3. The molecule has 18 heavy (non-hydrogen) atoms. The number of nitrogens with one attached hydrogen (secondary N) is 2. The first-order valence-corrected chi connectivity index (χ1v) is 7.61. The quantitative estimate of drug-likeness (QED) is 0.845. The molecule has 0 spiro atoms. The molecule has 3 heterocycles. The number of hydrogen-bond donors (Lipinski definition) is 2. The molecule has 1 atom stereocenters. The third kappa shape index (κ3) is 1.98. The van der Waals surface area contributed by atoms with Crippen LogP contribution in [0.25, 0.3) is 10.2 Å². The van der Waals surface area contributed by atoms with Gasteiger partial charge >= 0.3 is 0 Å². The van der Waals surface area contributed by atoms with Crippen LogP contribution in [0, 0.1) is 0 Å². The maximum atomic E-state index is 12.4. The van der Waals surface area contributed by atoms with Crippen molar-refractivity contribution in [3.05, 3.63) is 21.6 Å². The molecule has 1 saturated heterocycles. The van der Waals surface area contributed by atoms with Gasteiger partial charge in [-0.2, -0.15) is 0 Å². The lowest BCUT2D eigenvalue weighted by Crippen LogP contribution is -2.52. The van der Waals surface area contributed by atoms with Crippen LogP contribution in [0.2, 0.25) is 0 Å². The molecule has 1 aliphatic heterocycles. The minimum atomic E-state index is 0.0966. The lowest BCUT2D eigenvalue weighted by molar-refractivity contribution is 0.0650. The molecular weight excluding hydrogens is 314 g/mol. The standard InChI is InChI=1S/C12H14BrN3OS/c1-7-5-14-2-3-16(7)12(17)10-4-8-9(13)6-18-11(8)15-10/h4,6-7,14-15H,2-3,5H2,1H3. The molecule has 0 bridgehead atoms. The van der Waals surface area contributed by atoms with E-state index in [1.165, 1.54) is 0 Å². The van der Waals surface area contributed by atoms with Crippen molar-refractivity contribution in [1.29, 1.82) is 0 Å². The summed E-state index contributed by atoms with van der Waals surface area (Å²) in [6, 6.07) is 2.18. The predicted octanol–water partition coefficient (Wildman–Crippen LogP) is 2.43. The molecule has 1 amide bonds. The van der Waals surface area contributed by atoms with Gasteiger partial charge < -0.3 is 15.2 Å². The normalized spacial score (nSPS) is 20.6. The van der Waals surface area contributed by atoms with E-state index in [1.54, 1.807) is 11.3 Å². The van der Waals surface area contributed by atoms with Gasteiger partial charge in [0.2, 0.25) is 0 Å². The van der Waals surface area contributed by atoms with Crippen molar-refractivity contribution in [3.63, 3.8) is 0 Å². The predicted molar refractivity (Wildman–Crippen MR) is 77.2 cm³/mol. The van der Waals surface area contributed by atoms with Gasteiger partial charge in [-0.3, -0.25) is 4.79 Å². The summed E-state index contributed by atoms with van der Waals surface area (Å²) < 4.78 is 1.05. The minimum absolute atomic E-state index is 0.0966. The van der Waals surface area contributed by atoms with Crippen molar-refractivity contribution in [3.8, 4) is 0 Å². The molecule has 0 aliphatic carbocycles. The highest BCUT2D eigenvalue weighted by Crippen LogP contribution is 2.31. The summed E-state index contributed by atoms with van der Waals surface area (Å²) in [5.41, 5.74) is 0.686. The van der Waals surface area contributed by atoms with Gasteiger partial charge in [-0.1, -0.05) is 0 Å². The van der Waals surface area contributed by atoms with E-state index in [9.17, 15) is 4.79 Å². The lowest BCUT2D eigenvalue weighted by atomic mass is 10.2. The van der Waals surface area contributed by atoms with E-state index >= 15 is 0 Å². The number of halogens is 1. The van der Waals surface area contributed by atoms with Crippen LogP contribution in [0.1, 0.15) is 17.4 Å². The first kappa shape index (κ1) is 12.2. The van der Waals surface area contributed by atoms with Gasteiger partial charge in [0.05, 0.1) is 0 Å². The number of fused-ring (bicyclic) bond motifs is 1. The monoisotopic (exact) mass is 327 g/mol. The zero-order chi connectivity index (χ0) is 12.7. The van der Waals surface area contributed by atoms with E-state index in [0.717, 1.165) is 34.3 Å². The summed E-state index contributed by atoms with van der Waals surface area (Å²) in [5.74, 6) is 0.0966. The molecule has 96 valence electrons. The minimum Gasteiger partial charge on any atom is -0.342 e. The average Bonchev–Trinajstić information content (AvgIpc) is 2.92. The Kier molecular flexibility index (Phi) is 3.17. The number of piperazine rings is 1. The summed E-state index contributed by atoms with van der Waals surface area (Å²) in [6.07, 6.45) is 0. The summed E-state index contributed by atoms with van der Waals surface area (Å²) in [7, 11) is 0. The lowest BCUT2D eigenvalue weighted by Gasteiger charge is -2.33. The molecule has 2 N–H and O–H groups in total. The Hall–Kier alpha value is -0.850. The molecule has 4 nitrogen and oxygen atoms in total. The molecular formula is C12H14BrN3OS. The number of amides is 1. The van der Waals surface area contributed by atoms with Crippen LogP contribution in [0.15, 0.2) is 15.9 Å². The van der Waals surface area contributed by atoms with E-state index < -0.39 is 0 Å². The SMILES string of the molecule is CC1CNCCN1C(=O)c1cc2c(Br)csc2[nH]1. The van der Waals surface area contributed by atoms with Crippen molar-refractivity contribution in [2.75, 3.05) is 19.6 Å². The van der Waals surface area contributed by atoms with Gasteiger partial charge in [0, 0.05) is 40.9 Å². The molecule has 1 fully saturated rings. The highest BCUT2D eigenvalue weighted by Gasteiger charge is 2.25. The Labute approximate surface area is 117 Å². The second-order valence-corrected chi connectivity index (χ2v) is 6.30. The molecule has 1 aliphatic rings. The fourth-order valence-electron chi connectivity index (χ4n) is 2.29. The fraction of sp³-hybridized carbons (Fsp3) is 0.417. The van der Waals surface area contributed by atoms with Crippen LogP contribution in [-0.4, -0.2) is 41.5 Å². The van der Waals surface area contributed by atoms with Crippen LogP contribution in [0.5, 0.6) is 0 Å². The smallest absolute Gasteiger partial charge is 0.270 e. The molecule has 6 heteroatoms. The van der Waals surface area contributed by atoms with E-state index in [2.05, 4.69) is 33.2 Å². The number of rotatable bonds is 1. The van der Waals surface area contributed by atoms with Crippen molar-refractivity contribution in [1.82, 2.24) is 15.2 Å². The zero-order valence-electron chi connectivity index (χ0n) is 10.00. The third-order valence-electron chi connectivity index (χ3n) is 3.31. The van der Waals surface area contributed by atoms with E-state index in [-0.39, 0.29) is 11.9 Å². The van der Waals surface area contributed by atoms with Crippen LogP contribution in [0.4, 0.5) is 0 Å². The van der Waals surface area contributed by atoms with Crippen molar-refractivity contribution < 1.29 is 4.79 Å². The van der Waals surface area contributed by atoms with Gasteiger partial charge in [0.15, 0.2) is 0 Å². The fourth-order valence-corrected chi connectivity index (χ4v) is 3.83. The molecule has 1 unspecified atom stereocenters. The van der Waals surface area contributed by atoms with Gasteiger partial charge in [-0.25, -0.2) is 0 Å². The van der Waals surface area contributed by atoms with Crippen molar-refractivity contribution in [2.24, 2.45) is 0 Å². The first-order valence-electron chi connectivity index (χ1n) is 5.94. The van der Waals surface area contributed by atoms with E-state index in [0.29, 0.717) is 5.69 Å². The number of thiophene rings is 1. The summed E-state index contributed by atoms with van der Waals surface area (Å²) in [6.45, 7) is 4.58. The molecule has 2 aromatic heterocycles. The summed E-state index contributed by atoms with van der Waals surface area (Å²) in [4.78, 5) is 18.6. The Bertz CT molecular complexity index is 591. The average molecular weight is 328 g/mol. The number of H-pyrrole nitrogens is 1. The molecule has 0 radical (unpaired) electrons. The van der Waals surface area contributed by atoms with Gasteiger partial charge in [-0.15, -0.1) is 11.3 Å².